The number of para-hydroxylation sites is 2. The van der Waals surface area contributed by atoms with Crippen molar-refractivity contribution in [2.75, 3.05) is 0 Å². The van der Waals surface area contributed by atoms with Crippen LogP contribution in [0.4, 0.5) is 0 Å². The summed E-state index contributed by atoms with van der Waals surface area (Å²) in [6, 6.07) is 46.3. The molecule has 0 N–H and O–H groups in total. The first-order valence-corrected chi connectivity index (χ1v) is 15.8. The molecule has 5 aromatic carbocycles. The average molecular weight is 602 g/mol. The van der Waals surface area contributed by atoms with Crippen molar-refractivity contribution in [1.29, 1.82) is 0 Å². The molecule has 1 heterocycles. The SMILES string of the molecule is CCCCC(CCCC(c1cccc(Br)c1)c1cccc2c1oc1ccccc12)(c1ccccc1)c1ccccc1. The second-order valence-electron chi connectivity index (χ2n) is 11.2. The molecule has 1 unspecified atom stereocenters. The maximum absolute atomic E-state index is 6.54. The molecule has 0 saturated heterocycles. The minimum absolute atomic E-state index is 0.00821. The van der Waals surface area contributed by atoms with Crippen LogP contribution in [0.5, 0.6) is 0 Å². The van der Waals surface area contributed by atoms with Gasteiger partial charge in [0.1, 0.15) is 11.2 Å². The maximum atomic E-state index is 6.54. The highest BCUT2D eigenvalue weighted by molar-refractivity contribution is 9.10. The van der Waals surface area contributed by atoms with Crippen molar-refractivity contribution in [2.45, 2.75) is 56.8 Å². The highest BCUT2D eigenvalue weighted by Crippen LogP contribution is 2.44. The van der Waals surface area contributed by atoms with Crippen LogP contribution in [0.15, 0.2) is 136 Å². The summed E-state index contributed by atoms with van der Waals surface area (Å²) < 4.78 is 7.66. The maximum Gasteiger partial charge on any atom is 0.139 e. The zero-order valence-corrected chi connectivity index (χ0v) is 25.3. The highest BCUT2D eigenvalue weighted by atomic mass is 79.9. The van der Waals surface area contributed by atoms with Crippen molar-refractivity contribution in [3.8, 4) is 0 Å². The molecule has 0 saturated carbocycles. The first kappa shape index (κ1) is 27.5. The van der Waals surface area contributed by atoms with Gasteiger partial charge in [-0.3, -0.25) is 0 Å². The Bertz CT molecular complexity index is 1680. The summed E-state index contributed by atoms with van der Waals surface area (Å²) in [4.78, 5) is 0. The summed E-state index contributed by atoms with van der Waals surface area (Å²) in [5, 5.41) is 2.38. The lowest BCUT2D eigenvalue weighted by Crippen LogP contribution is -2.28. The van der Waals surface area contributed by atoms with Crippen LogP contribution in [0.25, 0.3) is 21.9 Å². The van der Waals surface area contributed by atoms with Crippen LogP contribution in [0.3, 0.4) is 0 Å². The van der Waals surface area contributed by atoms with Gasteiger partial charge in [-0.2, -0.15) is 0 Å². The largest absolute Gasteiger partial charge is 0.456 e. The molecule has 0 amide bonds. The van der Waals surface area contributed by atoms with E-state index in [1.54, 1.807) is 0 Å². The Morgan fingerprint density at radius 1 is 0.659 bits per heavy atom. The van der Waals surface area contributed by atoms with Crippen LogP contribution < -0.4 is 0 Å². The zero-order chi connectivity index (χ0) is 28.1. The van der Waals surface area contributed by atoms with Crippen molar-refractivity contribution >= 4 is 37.9 Å². The topological polar surface area (TPSA) is 13.1 Å². The monoisotopic (exact) mass is 600 g/mol. The van der Waals surface area contributed by atoms with Gasteiger partial charge in [0.15, 0.2) is 0 Å². The van der Waals surface area contributed by atoms with Crippen molar-refractivity contribution in [1.82, 2.24) is 0 Å². The van der Waals surface area contributed by atoms with Gasteiger partial charge >= 0.3 is 0 Å². The molecule has 0 aliphatic rings. The summed E-state index contributed by atoms with van der Waals surface area (Å²) in [6.07, 6.45) is 6.79. The summed E-state index contributed by atoms with van der Waals surface area (Å²) >= 11 is 3.75. The van der Waals surface area contributed by atoms with E-state index in [4.69, 9.17) is 4.42 Å². The number of fused-ring (bicyclic) bond motifs is 3. The van der Waals surface area contributed by atoms with E-state index in [0.717, 1.165) is 41.3 Å². The summed E-state index contributed by atoms with van der Waals surface area (Å²) in [7, 11) is 0. The molecule has 6 rings (SSSR count). The van der Waals surface area contributed by atoms with Crippen LogP contribution in [0, 0.1) is 0 Å². The lowest BCUT2D eigenvalue weighted by molar-refractivity contribution is 0.397. The van der Waals surface area contributed by atoms with E-state index < -0.39 is 0 Å². The van der Waals surface area contributed by atoms with Gasteiger partial charge in [-0.1, -0.05) is 151 Å². The Morgan fingerprint density at radius 3 is 2.00 bits per heavy atom. The van der Waals surface area contributed by atoms with Crippen LogP contribution in [-0.2, 0) is 5.41 Å². The molecular weight excluding hydrogens is 564 g/mol. The number of halogens is 1. The molecule has 0 aliphatic heterocycles. The Labute approximate surface area is 252 Å². The predicted molar refractivity (Wildman–Crippen MR) is 177 cm³/mol. The molecule has 6 aromatic rings. The highest BCUT2D eigenvalue weighted by Gasteiger charge is 2.33. The number of unbranched alkanes of at least 4 members (excludes halogenated alkanes) is 1. The van der Waals surface area contributed by atoms with Gasteiger partial charge in [0.2, 0.25) is 0 Å². The lowest BCUT2D eigenvalue weighted by Gasteiger charge is -2.36. The van der Waals surface area contributed by atoms with E-state index in [2.05, 4.69) is 150 Å². The molecule has 0 fully saturated rings. The quantitative estimate of drug-likeness (QED) is 0.144. The molecule has 0 spiro atoms. The Balaban J connectivity index is 1.40. The van der Waals surface area contributed by atoms with Crippen molar-refractivity contribution in [2.24, 2.45) is 0 Å². The van der Waals surface area contributed by atoms with Crippen molar-refractivity contribution < 1.29 is 4.42 Å². The van der Waals surface area contributed by atoms with Crippen LogP contribution >= 0.6 is 15.9 Å². The smallest absolute Gasteiger partial charge is 0.139 e. The second kappa shape index (κ2) is 12.5. The standard InChI is InChI=1S/C39H37BrO/c1-2-3-26-39(30-16-6-4-7-17-30,31-18-8-5-9-19-31)27-14-24-33(29-15-12-20-32(40)28-29)35-22-13-23-36-34-21-10-11-25-37(34)41-38(35)36/h4-13,15-23,25,28,33H,2-3,14,24,26-27H2,1H3. The predicted octanol–water partition coefficient (Wildman–Crippen LogP) is 11.8. The summed E-state index contributed by atoms with van der Waals surface area (Å²) in [5.41, 5.74) is 7.42. The van der Waals surface area contributed by atoms with E-state index in [-0.39, 0.29) is 11.3 Å². The normalized spacial score (nSPS) is 12.6. The fourth-order valence-electron chi connectivity index (χ4n) is 6.74. The van der Waals surface area contributed by atoms with E-state index in [0.29, 0.717) is 0 Å². The third-order valence-corrected chi connectivity index (χ3v) is 9.26. The minimum atomic E-state index is -0.00821. The molecular formula is C39H37BrO. The van der Waals surface area contributed by atoms with Gasteiger partial charge in [-0.25, -0.2) is 0 Å². The van der Waals surface area contributed by atoms with E-state index in [9.17, 15) is 0 Å². The van der Waals surface area contributed by atoms with Gasteiger partial charge in [0, 0.05) is 32.1 Å². The van der Waals surface area contributed by atoms with E-state index >= 15 is 0 Å². The third-order valence-electron chi connectivity index (χ3n) is 8.77. The average Bonchev–Trinajstić information content (AvgIpc) is 3.41. The summed E-state index contributed by atoms with van der Waals surface area (Å²) in [6.45, 7) is 2.30. The number of furan rings is 1. The van der Waals surface area contributed by atoms with Gasteiger partial charge in [-0.15, -0.1) is 0 Å². The van der Waals surface area contributed by atoms with E-state index in [1.807, 2.05) is 0 Å². The number of benzene rings is 5. The Kier molecular flexibility index (Phi) is 8.39. The van der Waals surface area contributed by atoms with Crippen LogP contribution in [-0.4, -0.2) is 0 Å². The molecule has 0 radical (unpaired) electrons. The second-order valence-corrected chi connectivity index (χ2v) is 12.2. The van der Waals surface area contributed by atoms with Crippen LogP contribution in [0.2, 0.25) is 0 Å². The van der Waals surface area contributed by atoms with Crippen molar-refractivity contribution in [3.63, 3.8) is 0 Å². The van der Waals surface area contributed by atoms with Gasteiger partial charge in [0.25, 0.3) is 0 Å². The molecule has 41 heavy (non-hydrogen) atoms. The van der Waals surface area contributed by atoms with Gasteiger partial charge in [0.05, 0.1) is 0 Å². The Hall–Kier alpha value is -3.62. The van der Waals surface area contributed by atoms with Gasteiger partial charge < -0.3 is 4.42 Å². The number of hydrogen-bond donors (Lipinski definition) is 0. The minimum Gasteiger partial charge on any atom is -0.456 e. The molecule has 0 bridgehead atoms. The number of rotatable bonds is 11. The molecule has 2 heteroatoms. The zero-order valence-electron chi connectivity index (χ0n) is 23.7. The first-order chi connectivity index (χ1) is 20.2. The van der Waals surface area contributed by atoms with Crippen molar-refractivity contribution in [3.05, 3.63) is 154 Å². The van der Waals surface area contributed by atoms with Crippen LogP contribution in [0.1, 0.15) is 73.6 Å². The lowest BCUT2D eigenvalue weighted by atomic mass is 9.67. The summed E-state index contributed by atoms with van der Waals surface area (Å²) in [5.74, 6) is 0.229. The third kappa shape index (κ3) is 5.63. The first-order valence-electron chi connectivity index (χ1n) is 15.0. The molecule has 0 aliphatic carbocycles. The van der Waals surface area contributed by atoms with Gasteiger partial charge in [-0.05, 0) is 54.2 Å². The molecule has 1 aromatic heterocycles. The molecule has 206 valence electrons. The van der Waals surface area contributed by atoms with E-state index in [1.165, 1.54) is 45.9 Å². The fourth-order valence-corrected chi connectivity index (χ4v) is 7.16. The Morgan fingerprint density at radius 2 is 1.29 bits per heavy atom. The molecule has 1 atom stereocenters. The fraction of sp³-hybridized carbons (Fsp3) is 0.231. The molecule has 1 nitrogen and oxygen atoms in total. The number of hydrogen-bond acceptors (Lipinski definition) is 1.